The molecule has 1 saturated carbocycles. The van der Waals surface area contributed by atoms with Gasteiger partial charge >= 0.3 is 0 Å². The Balaban J connectivity index is 1.34. The number of fused-ring (bicyclic) bond motifs is 1. The smallest absolute Gasteiger partial charge is 0.249 e. The van der Waals surface area contributed by atoms with Gasteiger partial charge in [0.15, 0.2) is 5.82 Å². The van der Waals surface area contributed by atoms with Crippen LogP contribution in [0.15, 0.2) is 47.3 Å². The molecule has 33 heavy (non-hydrogen) atoms. The molecule has 1 aromatic carbocycles. The van der Waals surface area contributed by atoms with E-state index in [0.29, 0.717) is 24.9 Å². The van der Waals surface area contributed by atoms with Crippen LogP contribution in [0, 0.1) is 0 Å². The van der Waals surface area contributed by atoms with Gasteiger partial charge in [-0.05, 0) is 62.9 Å². The monoisotopic (exact) mass is 445 g/mol. The van der Waals surface area contributed by atoms with Crippen molar-refractivity contribution >= 4 is 17.3 Å². The number of hydrogen-bond donors (Lipinski definition) is 2. The van der Waals surface area contributed by atoms with Crippen molar-refractivity contribution in [3.63, 3.8) is 0 Å². The normalized spacial score (nSPS) is 20.8. The summed E-state index contributed by atoms with van der Waals surface area (Å²) < 4.78 is 12.1. The standard InChI is InChI=1S/C25H27N5O3/c1-16-15-32-14-13-30(16)23-19-9-10-25(11-12-25)33-24(19)29-22(28-23)17-5-7-18(8-6-17)26-20-3-2-4-21(31)27-20/h2-8,16H,9-15H2,1H3,(H2,26,27,31)/t16-/m0/s1. The average Bonchev–Trinajstić information content (AvgIpc) is 3.57. The summed E-state index contributed by atoms with van der Waals surface area (Å²) in [6, 6.07) is 13.2. The molecular weight excluding hydrogens is 418 g/mol. The fraction of sp³-hybridized carbons (Fsp3) is 0.400. The van der Waals surface area contributed by atoms with E-state index in [9.17, 15) is 4.79 Å². The zero-order chi connectivity index (χ0) is 22.4. The zero-order valence-corrected chi connectivity index (χ0v) is 18.6. The first kappa shape index (κ1) is 20.2. The first-order valence-electron chi connectivity index (χ1n) is 11.6. The highest BCUT2D eigenvalue weighted by Gasteiger charge is 2.49. The molecule has 6 rings (SSSR count). The minimum atomic E-state index is -0.141. The zero-order valence-electron chi connectivity index (χ0n) is 18.6. The van der Waals surface area contributed by atoms with Crippen molar-refractivity contribution in [1.29, 1.82) is 0 Å². The van der Waals surface area contributed by atoms with Gasteiger partial charge in [-0.1, -0.05) is 6.07 Å². The SMILES string of the molecule is C[C@H]1COCCN1c1nc(-c2ccc(Nc3cccc(=O)[nH]3)cc2)nc2c1CCC1(CC1)O2. The Labute approximate surface area is 192 Å². The van der Waals surface area contributed by atoms with Crippen LogP contribution in [0.2, 0.25) is 0 Å². The van der Waals surface area contributed by atoms with E-state index in [4.69, 9.17) is 19.4 Å². The van der Waals surface area contributed by atoms with E-state index >= 15 is 0 Å². The molecule has 1 spiro atoms. The summed E-state index contributed by atoms with van der Waals surface area (Å²) in [6.07, 6.45) is 4.21. The van der Waals surface area contributed by atoms with Crippen LogP contribution < -0.4 is 20.5 Å². The molecule has 0 bridgehead atoms. The highest BCUT2D eigenvalue weighted by Crippen LogP contribution is 2.49. The molecule has 1 aliphatic carbocycles. The molecule has 2 aliphatic heterocycles. The van der Waals surface area contributed by atoms with Crippen LogP contribution in [0.25, 0.3) is 11.4 Å². The van der Waals surface area contributed by atoms with Crippen molar-refractivity contribution in [2.45, 2.75) is 44.2 Å². The highest BCUT2D eigenvalue weighted by molar-refractivity contribution is 5.66. The Morgan fingerprint density at radius 2 is 1.97 bits per heavy atom. The Hall–Kier alpha value is -3.39. The number of nitrogens with one attached hydrogen (secondary N) is 2. The Morgan fingerprint density at radius 3 is 2.73 bits per heavy atom. The van der Waals surface area contributed by atoms with Crippen molar-refractivity contribution in [2.24, 2.45) is 0 Å². The molecule has 1 atom stereocenters. The molecule has 4 heterocycles. The fourth-order valence-corrected chi connectivity index (χ4v) is 4.64. The molecular formula is C25H27N5O3. The Bertz CT molecular complexity index is 1240. The van der Waals surface area contributed by atoms with Crippen LogP contribution >= 0.6 is 0 Å². The molecule has 8 heteroatoms. The van der Waals surface area contributed by atoms with E-state index in [1.807, 2.05) is 30.3 Å². The Morgan fingerprint density at radius 1 is 1.12 bits per heavy atom. The van der Waals surface area contributed by atoms with Crippen LogP contribution in [-0.4, -0.2) is 46.4 Å². The van der Waals surface area contributed by atoms with E-state index in [1.54, 1.807) is 6.07 Å². The van der Waals surface area contributed by atoms with Crippen molar-refractivity contribution in [1.82, 2.24) is 15.0 Å². The van der Waals surface area contributed by atoms with Gasteiger partial charge in [0.1, 0.15) is 17.2 Å². The van der Waals surface area contributed by atoms with Crippen LogP contribution in [0.5, 0.6) is 5.88 Å². The maximum absolute atomic E-state index is 11.5. The van der Waals surface area contributed by atoms with E-state index in [0.717, 1.165) is 60.7 Å². The van der Waals surface area contributed by atoms with Crippen LogP contribution in [0.3, 0.4) is 0 Å². The quantitative estimate of drug-likeness (QED) is 0.633. The lowest BCUT2D eigenvalue weighted by molar-refractivity contribution is 0.0978. The van der Waals surface area contributed by atoms with Gasteiger partial charge in [-0.25, -0.2) is 4.98 Å². The van der Waals surface area contributed by atoms with Gasteiger partial charge in [-0.2, -0.15) is 4.98 Å². The number of rotatable bonds is 4. The van der Waals surface area contributed by atoms with Crippen molar-refractivity contribution in [3.8, 4) is 17.3 Å². The summed E-state index contributed by atoms with van der Waals surface area (Å²) in [5, 5.41) is 3.22. The number of benzene rings is 1. The molecule has 0 unspecified atom stereocenters. The molecule has 0 amide bonds. The highest BCUT2D eigenvalue weighted by atomic mass is 16.5. The third kappa shape index (κ3) is 3.95. The van der Waals surface area contributed by atoms with E-state index in [2.05, 4.69) is 22.1 Å². The second kappa shape index (κ2) is 7.88. The maximum Gasteiger partial charge on any atom is 0.249 e. The van der Waals surface area contributed by atoms with Gasteiger partial charge in [-0.3, -0.25) is 4.79 Å². The third-order valence-electron chi connectivity index (χ3n) is 6.73. The number of anilines is 3. The van der Waals surface area contributed by atoms with Gasteiger partial charge in [0.25, 0.3) is 0 Å². The molecule has 2 aromatic heterocycles. The number of pyridine rings is 1. The first-order valence-corrected chi connectivity index (χ1v) is 11.6. The topological polar surface area (TPSA) is 92.4 Å². The van der Waals surface area contributed by atoms with E-state index < -0.39 is 0 Å². The van der Waals surface area contributed by atoms with Crippen molar-refractivity contribution < 1.29 is 9.47 Å². The summed E-state index contributed by atoms with van der Waals surface area (Å²) in [4.78, 5) is 26.5. The van der Waals surface area contributed by atoms with Crippen LogP contribution in [0.4, 0.5) is 17.3 Å². The van der Waals surface area contributed by atoms with Crippen molar-refractivity contribution in [2.75, 3.05) is 30.0 Å². The molecule has 3 aromatic rings. The van der Waals surface area contributed by atoms with Gasteiger partial charge in [0.05, 0.1) is 24.8 Å². The van der Waals surface area contributed by atoms with Crippen LogP contribution in [0.1, 0.15) is 31.7 Å². The Kier molecular flexibility index (Phi) is 4.83. The lowest BCUT2D eigenvalue weighted by Crippen LogP contribution is -2.45. The fourth-order valence-electron chi connectivity index (χ4n) is 4.64. The molecule has 1 saturated heterocycles. The molecule has 170 valence electrons. The predicted molar refractivity (Wildman–Crippen MR) is 126 cm³/mol. The number of morpholine rings is 1. The van der Waals surface area contributed by atoms with Gasteiger partial charge in [0, 0.05) is 23.9 Å². The summed E-state index contributed by atoms with van der Waals surface area (Å²) in [5.74, 6) is 3.03. The van der Waals surface area contributed by atoms with E-state index in [1.165, 1.54) is 6.07 Å². The predicted octanol–water partition coefficient (Wildman–Crippen LogP) is 3.66. The minimum Gasteiger partial charge on any atom is -0.471 e. The lowest BCUT2D eigenvalue weighted by atomic mass is 10.0. The van der Waals surface area contributed by atoms with Gasteiger partial charge in [-0.15, -0.1) is 0 Å². The largest absolute Gasteiger partial charge is 0.471 e. The van der Waals surface area contributed by atoms with Gasteiger partial charge in [0.2, 0.25) is 11.4 Å². The number of H-pyrrole nitrogens is 1. The second-order valence-corrected chi connectivity index (χ2v) is 9.19. The molecule has 3 aliphatic rings. The van der Waals surface area contributed by atoms with Crippen molar-refractivity contribution in [3.05, 3.63) is 58.4 Å². The molecule has 8 nitrogen and oxygen atoms in total. The molecule has 2 fully saturated rings. The summed E-state index contributed by atoms with van der Waals surface area (Å²) >= 11 is 0. The number of ether oxygens (including phenoxy) is 2. The average molecular weight is 446 g/mol. The minimum absolute atomic E-state index is 0.00705. The van der Waals surface area contributed by atoms with Crippen LogP contribution in [-0.2, 0) is 11.2 Å². The lowest BCUT2D eigenvalue weighted by Gasteiger charge is -2.37. The number of aromatic amines is 1. The second-order valence-electron chi connectivity index (χ2n) is 9.19. The molecule has 0 radical (unpaired) electrons. The summed E-state index contributed by atoms with van der Waals surface area (Å²) in [6.45, 7) is 4.38. The maximum atomic E-state index is 11.5. The third-order valence-corrected chi connectivity index (χ3v) is 6.73. The number of hydrogen-bond acceptors (Lipinski definition) is 7. The summed E-state index contributed by atoms with van der Waals surface area (Å²) in [5.41, 5.74) is 2.76. The summed E-state index contributed by atoms with van der Waals surface area (Å²) in [7, 11) is 0. The molecule has 2 N–H and O–H groups in total. The van der Waals surface area contributed by atoms with Gasteiger partial charge < -0.3 is 24.7 Å². The number of nitrogens with zero attached hydrogens (tertiary/aromatic N) is 3. The first-order chi connectivity index (χ1) is 16.1. The number of aromatic nitrogens is 3. The van der Waals surface area contributed by atoms with E-state index in [-0.39, 0.29) is 17.2 Å².